The van der Waals surface area contributed by atoms with E-state index in [1.165, 1.54) is 26.0 Å². The Kier molecular flexibility index (Phi) is 46.8. The summed E-state index contributed by atoms with van der Waals surface area (Å²) < 4.78 is 8.29. The van der Waals surface area contributed by atoms with Gasteiger partial charge in [-0.2, -0.15) is 0 Å². The molecule has 0 atom stereocenters. The second-order valence-electron chi connectivity index (χ2n) is 1.50. The van der Waals surface area contributed by atoms with Crippen molar-refractivity contribution in [2.45, 2.75) is 14.9 Å². The van der Waals surface area contributed by atoms with Gasteiger partial charge < -0.3 is 21.2 Å². The molecule has 91 valence electrons. The molecule has 0 N–H and O–H groups in total. The normalized spacial score (nSPS) is 6.07. The van der Waals surface area contributed by atoms with E-state index >= 15 is 0 Å². The quantitative estimate of drug-likeness (QED) is 0.576. The van der Waals surface area contributed by atoms with Gasteiger partial charge in [-0.1, -0.05) is 14.9 Å². The van der Waals surface area contributed by atoms with Crippen LogP contribution in [-0.2, 0) is 51.8 Å². The Morgan fingerprint density at radius 1 is 1.20 bits per heavy atom. The zero-order chi connectivity index (χ0) is 9.98. The Balaban J connectivity index is -0.0000000383. The van der Waals surface area contributed by atoms with E-state index in [9.17, 15) is 9.59 Å². The van der Waals surface area contributed by atoms with Gasteiger partial charge in [-0.25, -0.2) is 0 Å². The molecular formula is C9H20O4SY-2. The number of carbonyl (C=O) groups excluding carboxylic acids is 2. The standard InChI is InChI=1S/C4H7O2S.C3H5O2.2CH4.Y/c1-6-4(5)3-7-2;1-3(4)5-2;;;/h2-3H2,1H3;1H2,2H3;2*1H4;/q2*-1;;;. The van der Waals surface area contributed by atoms with Crippen molar-refractivity contribution in [3.8, 4) is 0 Å². The fourth-order valence-electron chi connectivity index (χ4n) is 0.142. The predicted molar refractivity (Wildman–Crippen MR) is 60.7 cm³/mol. The van der Waals surface area contributed by atoms with Crippen molar-refractivity contribution in [2.75, 3.05) is 20.0 Å². The average molecular weight is 313 g/mol. The van der Waals surface area contributed by atoms with Gasteiger partial charge in [-0.05, 0) is 0 Å². The van der Waals surface area contributed by atoms with Crippen molar-refractivity contribution in [1.29, 1.82) is 0 Å². The maximum absolute atomic E-state index is 10.1. The van der Waals surface area contributed by atoms with Crippen molar-refractivity contribution in [3.05, 3.63) is 13.2 Å². The number of hydrogen-bond acceptors (Lipinski definition) is 5. The molecule has 0 amide bonds. The van der Waals surface area contributed by atoms with Crippen LogP contribution in [0.1, 0.15) is 14.9 Å². The number of thioether (sulfide) groups is 1. The molecule has 0 bridgehead atoms. The van der Waals surface area contributed by atoms with E-state index in [0.29, 0.717) is 5.75 Å². The first-order valence-corrected chi connectivity index (χ1v) is 4.07. The molecular weight excluding hydrogens is 293 g/mol. The van der Waals surface area contributed by atoms with Gasteiger partial charge in [-0.15, -0.1) is 0 Å². The van der Waals surface area contributed by atoms with Gasteiger partial charge in [0.05, 0.1) is 20.0 Å². The SMILES string of the molecule is C.C.[CH2-]C(=O)OC.[CH2-]SCC(=O)OC.[Y]. The largest absolute Gasteiger partial charge is 0.492 e. The van der Waals surface area contributed by atoms with E-state index in [1.807, 2.05) is 0 Å². The van der Waals surface area contributed by atoms with Crippen LogP contribution >= 0.6 is 11.8 Å². The van der Waals surface area contributed by atoms with Crippen molar-refractivity contribution < 1.29 is 51.8 Å². The molecule has 6 heteroatoms. The van der Waals surface area contributed by atoms with Crippen LogP contribution in [0.4, 0.5) is 0 Å². The first-order valence-electron chi connectivity index (χ1n) is 2.92. The predicted octanol–water partition coefficient (Wildman–Crippen LogP) is 1.95. The Bertz CT molecular complexity index is 142. The fraction of sp³-hybridized carbons (Fsp3) is 0.556. The van der Waals surface area contributed by atoms with Gasteiger partial charge in [0, 0.05) is 32.7 Å². The molecule has 0 rings (SSSR count). The van der Waals surface area contributed by atoms with Crippen LogP contribution in [0.15, 0.2) is 0 Å². The van der Waals surface area contributed by atoms with E-state index < -0.39 is 5.97 Å². The van der Waals surface area contributed by atoms with Crippen LogP contribution in [0.3, 0.4) is 0 Å². The third kappa shape index (κ3) is 40.7. The summed E-state index contributed by atoms with van der Waals surface area (Å²) >= 11 is 1.21. The third-order valence-corrected chi connectivity index (χ3v) is 1.12. The summed E-state index contributed by atoms with van der Waals surface area (Å²) in [6.07, 6.45) is 3.39. The molecule has 0 heterocycles. The van der Waals surface area contributed by atoms with Crippen LogP contribution in [0.2, 0.25) is 0 Å². The zero-order valence-corrected chi connectivity index (χ0v) is 11.4. The molecule has 0 aromatic heterocycles. The van der Waals surface area contributed by atoms with Crippen molar-refractivity contribution in [1.82, 2.24) is 0 Å². The summed E-state index contributed by atoms with van der Waals surface area (Å²) in [5, 5.41) is 0. The van der Waals surface area contributed by atoms with Crippen molar-refractivity contribution in [2.24, 2.45) is 0 Å². The Morgan fingerprint density at radius 3 is 1.60 bits per heavy atom. The summed E-state index contributed by atoms with van der Waals surface area (Å²) in [5.74, 6) is -0.374. The molecule has 0 saturated carbocycles. The van der Waals surface area contributed by atoms with Crippen LogP contribution in [0, 0.1) is 13.2 Å². The van der Waals surface area contributed by atoms with Gasteiger partial charge in [0.15, 0.2) is 5.97 Å². The van der Waals surface area contributed by atoms with Gasteiger partial charge >= 0.3 is 5.97 Å². The minimum absolute atomic E-state index is 0. The Morgan fingerprint density at radius 2 is 1.53 bits per heavy atom. The Hall–Kier alpha value is 0.264. The molecule has 4 nitrogen and oxygen atoms in total. The van der Waals surface area contributed by atoms with Gasteiger partial charge in [0.2, 0.25) is 0 Å². The van der Waals surface area contributed by atoms with Crippen LogP contribution in [-0.4, -0.2) is 31.9 Å². The smallest absolute Gasteiger partial charge is 0.312 e. The van der Waals surface area contributed by atoms with E-state index in [0.717, 1.165) is 0 Å². The molecule has 1 radical (unpaired) electrons. The summed E-state index contributed by atoms with van der Waals surface area (Å²) in [4.78, 5) is 19.6. The van der Waals surface area contributed by atoms with E-state index in [4.69, 9.17) is 0 Å². The van der Waals surface area contributed by atoms with Crippen LogP contribution in [0.5, 0.6) is 0 Å². The zero-order valence-electron chi connectivity index (χ0n) is 7.74. The molecule has 0 aliphatic heterocycles. The summed E-state index contributed by atoms with van der Waals surface area (Å²) in [7, 11) is 2.65. The van der Waals surface area contributed by atoms with E-state index in [2.05, 4.69) is 22.7 Å². The molecule has 0 fully saturated rings. The monoisotopic (exact) mass is 313 g/mol. The first kappa shape index (κ1) is 29.5. The van der Waals surface area contributed by atoms with Crippen LogP contribution < -0.4 is 0 Å². The van der Waals surface area contributed by atoms with Gasteiger partial charge in [0.25, 0.3) is 0 Å². The topological polar surface area (TPSA) is 52.6 Å². The molecule has 0 aliphatic carbocycles. The molecule has 0 aromatic carbocycles. The second-order valence-corrected chi connectivity index (χ2v) is 2.20. The number of carbonyl (C=O) groups is 2. The van der Waals surface area contributed by atoms with Crippen molar-refractivity contribution in [3.63, 3.8) is 0 Å². The minimum atomic E-state index is -0.495. The number of hydrogen-bond donors (Lipinski definition) is 0. The number of rotatable bonds is 2. The van der Waals surface area contributed by atoms with Gasteiger partial charge in [-0.3, -0.25) is 22.8 Å². The molecule has 0 aromatic rings. The minimum Gasteiger partial charge on any atom is -0.492 e. The second kappa shape index (κ2) is 23.8. The number of esters is 2. The maximum Gasteiger partial charge on any atom is 0.312 e. The fourth-order valence-corrected chi connectivity index (χ4v) is 0.427. The van der Waals surface area contributed by atoms with E-state index in [1.54, 1.807) is 0 Å². The molecule has 0 spiro atoms. The number of ether oxygens (including phenoxy) is 2. The molecule has 0 aliphatic rings. The molecule has 0 unspecified atom stereocenters. The molecule has 15 heavy (non-hydrogen) atoms. The summed E-state index contributed by atoms with van der Waals surface area (Å²) in [6, 6.07) is 0. The first-order chi connectivity index (χ1) is 5.58. The van der Waals surface area contributed by atoms with Crippen LogP contribution in [0.25, 0.3) is 0 Å². The summed E-state index contributed by atoms with van der Waals surface area (Å²) in [6.45, 7) is 2.90. The maximum atomic E-state index is 10.1. The molecule has 0 saturated heterocycles. The average Bonchev–Trinajstić information content (AvgIpc) is 2.06. The third-order valence-electron chi connectivity index (χ3n) is 0.675. The number of methoxy groups -OCH3 is 2. The van der Waals surface area contributed by atoms with E-state index in [-0.39, 0.29) is 53.5 Å². The summed E-state index contributed by atoms with van der Waals surface area (Å²) in [5.41, 5.74) is 0. The van der Waals surface area contributed by atoms with Gasteiger partial charge in [0.1, 0.15) is 0 Å². The van der Waals surface area contributed by atoms with Crippen molar-refractivity contribution >= 4 is 23.7 Å². The Labute approximate surface area is 123 Å².